The third-order valence-electron chi connectivity index (χ3n) is 0.751. The molecule has 48 valence electrons. The van der Waals surface area contributed by atoms with Gasteiger partial charge in [-0.25, -0.2) is 4.79 Å². The van der Waals surface area contributed by atoms with Gasteiger partial charge in [0.05, 0.1) is 0 Å². The summed E-state index contributed by atoms with van der Waals surface area (Å²) in [5.41, 5.74) is 5.01. The Morgan fingerprint density at radius 2 is 2.12 bits per heavy atom. The van der Waals surface area contributed by atoms with Crippen molar-refractivity contribution in [2.45, 2.75) is 19.1 Å². The number of nitrogens with two attached hydrogens (primary N) is 1. The van der Waals surface area contributed by atoms with E-state index in [1.165, 1.54) is 6.92 Å². The molecule has 4 nitrogen and oxygen atoms in total. The number of carboxylic acids is 1. The SMILES string of the molecule is C[C@H](N)C(O)C(=O)O. The van der Waals surface area contributed by atoms with Crippen LogP contribution in [0.4, 0.5) is 0 Å². The fraction of sp³-hybridized carbons (Fsp3) is 0.750. The predicted molar refractivity (Wildman–Crippen MR) is 27.3 cm³/mol. The van der Waals surface area contributed by atoms with Crippen molar-refractivity contribution in [2.75, 3.05) is 0 Å². The summed E-state index contributed by atoms with van der Waals surface area (Å²) in [6.45, 7) is 1.43. The zero-order chi connectivity index (χ0) is 6.73. The van der Waals surface area contributed by atoms with Gasteiger partial charge in [-0.2, -0.15) is 0 Å². The van der Waals surface area contributed by atoms with Crippen molar-refractivity contribution in [1.82, 2.24) is 0 Å². The van der Waals surface area contributed by atoms with Crippen molar-refractivity contribution in [2.24, 2.45) is 5.73 Å². The summed E-state index contributed by atoms with van der Waals surface area (Å²) in [5, 5.41) is 16.5. The first-order valence-corrected chi connectivity index (χ1v) is 2.22. The quantitative estimate of drug-likeness (QED) is 0.425. The minimum Gasteiger partial charge on any atom is -0.479 e. The van der Waals surface area contributed by atoms with Crippen LogP contribution in [0, 0.1) is 0 Å². The van der Waals surface area contributed by atoms with Gasteiger partial charge in [0.1, 0.15) is 0 Å². The van der Waals surface area contributed by atoms with Gasteiger partial charge in [0, 0.05) is 6.04 Å². The smallest absolute Gasteiger partial charge is 0.334 e. The van der Waals surface area contributed by atoms with Crippen LogP contribution in [0.3, 0.4) is 0 Å². The molecule has 0 amide bonds. The summed E-state index contributed by atoms with van der Waals surface area (Å²) in [5.74, 6) is -1.28. The van der Waals surface area contributed by atoms with Crippen molar-refractivity contribution in [3.63, 3.8) is 0 Å². The number of aliphatic hydroxyl groups excluding tert-OH is 1. The van der Waals surface area contributed by atoms with E-state index in [0.29, 0.717) is 0 Å². The van der Waals surface area contributed by atoms with E-state index < -0.39 is 18.1 Å². The van der Waals surface area contributed by atoms with Crippen LogP contribution in [0.15, 0.2) is 0 Å². The molecule has 0 aliphatic heterocycles. The number of aliphatic hydroxyl groups is 1. The molecule has 0 fully saturated rings. The second kappa shape index (κ2) is 2.64. The summed E-state index contributed by atoms with van der Waals surface area (Å²) >= 11 is 0. The Hall–Kier alpha value is -0.610. The van der Waals surface area contributed by atoms with Gasteiger partial charge in [-0.1, -0.05) is 0 Å². The lowest BCUT2D eigenvalue weighted by atomic mass is 10.2. The molecular formula is C4H9NO3. The van der Waals surface area contributed by atoms with E-state index in [-0.39, 0.29) is 0 Å². The first-order chi connectivity index (χ1) is 3.55. The fourth-order valence-corrected chi connectivity index (χ4v) is 0.225. The van der Waals surface area contributed by atoms with E-state index in [2.05, 4.69) is 0 Å². The molecule has 0 aromatic rings. The second-order valence-electron chi connectivity index (χ2n) is 1.64. The highest BCUT2D eigenvalue weighted by molar-refractivity contribution is 5.72. The molecular weight excluding hydrogens is 110 g/mol. The number of hydrogen-bond donors (Lipinski definition) is 3. The van der Waals surface area contributed by atoms with Gasteiger partial charge in [-0.05, 0) is 6.92 Å². The van der Waals surface area contributed by atoms with E-state index >= 15 is 0 Å². The molecule has 0 radical (unpaired) electrons. The summed E-state index contributed by atoms with van der Waals surface area (Å²) in [6.07, 6.45) is -1.44. The van der Waals surface area contributed by atoms with Crippen LogP contribution in [0.2, 0.25) is 0 Å². The van der Waals surface area contributed by atoms with Crippen LogP contribution in [-0.4, -0.2) is 28.3 Å². The average Bonchev–Trinajstić information content (AvgIpc) is 1.64. The minimum atomic E-state index is -1.44. The lowest BCUT2D eigenvalue weighted by molar-refractivity contribution is -0.147. The van der Waals surface area contributed by atoms with Crippen molar-refractivity contribution >= 4 is 5.97 Å². The number of carboxylic acid groups (broad SMARTS) is 1. The zero-order valence-corrected chi connectivity index (χ0v) is 4.53. The maximum absolute atomic E-state index is 9.81. The molecule has 0 rings (SSSR count). The minimum absolute atomic E-state index is 0.701. The zero-order valence-electron chi connectivity index (χ0n) is 4.53. The first-order valence-electron chi connectivity index (χ1n) is 2.22. The Morgan fingerprint density at radius 3 is 2.12 bits per heavy atom. The average molecular weight is 119 g/mol. The van der Waals surface area contributed by atoms with E-state index in [9.17, 15) is 4.79 Å². The Balaban J connectivity index is 3.64. The molecule has 2 atom stereocenters. The molecule has 0 bridgehead atoms. The molecule has 0 heterocycles. The van der Waals surface area contributed by atoms with E-state index in [1.54, 1.807) is 0 Å². The Morgan fingerprint density at radius 1 is 1.75 bits per heavy atom. The molecule has 0 aromatic carbocycles. The van der Waals surface area contributed by atoms with Gasteiger partial charge in [-0.15, -0.1) is 0 Å². The summed E-state index contributed by atoms with van der Waals surface area (Å²) in [4.78, 5) is 9.81. The van der Waals surface area contributed by atoms with Crippen LogP contribution >= 0.6 is 0 Å². The standard InChI is InChI=1S/C4H9NO3/c1-2(5)3(6)4(7)8/h2-3,6H,5H2,1H3,(H,7,8)/t2-,3?/m0/s1. The molecule has 0 saturated heterocycles. The highest BCUT2D eigenvalue weighted by atomic mass is 16.4. The lowest BCUT2D eigenvalue weighted by Crippen LogP contribution is -2.37. The van der Waals surface area contributed by atoms with E-state index in [1.807, 2.05) is 0 Å². The Bertz CT molecular complexity index is 91.3. The molecule has 4 N–H and O–H groups in total. The topological polar surface area (TPSA) is 83.5 Å². The number of carbonyl (C=O) groups is 1. The van der Waals surface area contributed by atoms with Gasteiger partial charge in [-0.3, -0.25) is 0 Å². The lowest BCUT2D eigenvalue weighted by Gasteiger charge is -2.06. The van der Waals surface area contributed by atoms with E-state index in [4.69, 9.17) is 15.9 Å². The maximum atomic E-state index is 9.81. The summed E-state index contributed by atoms with van der Waals surface area (Å²) in [6, 6.07) is -0.701. The largest absolute Gasteiger partial charge is 0.479 e. The van der Waals surface area contributed by atoms with Crippen molar-refractivity contribution < 1.29 is 15.0 Å². The third-order valence-corrected chi connectivity index (χ3v) is 0.751. The Kier molecular flexibility index (Phi) is 2.44. The van der Waals surface area contributed by atoms with Gasteiger partial charge < -0.3 is 15.9 Å². The van der Waals surface area contributed by atoms with Gasteiger partial charge in [0.15, 0.2) is 6.10 Å². The molecule has 1 unspecified atom stereocenters. The number of hydrogen-bond acceptors (Lipinski definition) is 3. The fourth-order valence-electron chi connectivity index (χ4n) is 0.225. The predicted octanol–water partition coefficient (Wildman–Crippen LogP) is -1.22. The molecule has 4 heteroatoms. The highest BCUT2D eigenvalue weighted by Gasteiger charge is 2.16. The monoisotopic (exact) mass is 119 g/mol. The van der Waals surface area contributed by atoms with Gasteiger partial charge in [0.25, 0.3) is 0 Å². The van der Waals surface area contributed by atoms with Crippen LogP contribution in [0.5, 0.6) is 0 Å². The van der Waals surface area contributed by atoms with Crippen molar-refractivity contribution in [1.29, 1.82) is 0 Å². The van der Waals surface area contributed by atoms with Crippen LogP contribution < -0.4 is 5.73 Å². The van der Waals surface area contributed by atoms with Crippen molar-refractivity contribution in [3.05, 3.63) is 0 Å². The third kappa shape index (κ3) is 1.90. The van der Waals surface area contributed by atoms with Crippen LogP contribution in [0.25, 0.3) is 0 Å². The van der Waals surface area contributed by atoms with Crippen LogP contribution in [-0.2, 0) is 4.79 Å². The van der Waals surface area contributed by atoms with Gasteiger partial charge >= 0.3 is 5.97 Å². The second-order valence-corrected chi connectivity index (χ2v) is 1.64. The molecule has 8 heavy (non-hydrogen) atoms. The summed E-state index contributed by atoms with van der Waals surface area (Å²) in [7, 11) is 0. The first kappa shape index (κ1) is 7.39. The van der Waals surface area contributed by atoms with Crippen molar-refractivity contribution in [3.8, 4) is 0 Å². The van der Waals surface area contributed by atoms with Gasteiger partial charge in [0.2, 0.25) is 0 Å². The number of aliphatic carboxylic acids is 1. The van der Waals surface area contributed by atoms with E-state index in [0.717, 1.165) is 0 Å². The molecule has 0 saturated carbocycles. The highest BCUT2D eigenvalue weighted by Crippen LogP contribution is 1.86. The normalized spacial score (nSPS) is 17.4. The Labute approximate surface area is 46.9 Å². The molecule has 0 spiro atoms. The number of rotatable bonds is 2. The summed E-state index contributed by atoms with van der Waals surface area (Å²) < 4.78 is 0. The molecule has 0 aliphatic rings. The molecule has 0 aromatic heterocycles. The van der Waals surface area contributed by atoms with Crippen LogP contribution in [0.1, 0.15) is 6.92 Å². The maximum Gasteiger partial charge on any atom is 0.334 e. The molecule has 0 aliphatic carbocycles.